The zero-order chi connectivity index (χ0) is 15.1. The van der Waals surface area contributed by atoms with Gasteiger partial charge in [0.2, 0.25) is 5.91 Å². The predicted molar refractivity (Wildman–Crippen MR) is 83.0 cm³/mol. The molecule has 0 unspecified atom stereocenters. The molecule has 1 aliphatic heterocycles. The maximum atomic E-state index is 11.7. The summed E-state index contributed by atoms with van der Waals surface area (Å²) < 4.78 is 11.0. The molecule has 0 bridgehead atoms. The lowest BCUT2D eigenvalue weighted by Crippen LogP contribution is -2.27. The van der Waals surface area contributed by atoms with E-state index in [1.54, 1.807) is 0 Å². The van der Waals surface area contributed by atoms with Crippen LogP contribution in [0.15, 0.2) is 18.2 Å². The number of amides is 1. The van der Waals surface area contributed by atoms with Gasteiger partial charge in [-0.15, -0.1) is 0 Å². The van der Waals surface area contributed by atoms with Crippen molar-refractivity contribution >= 4 is 11.6 Å². The van der Waals surface area contributed by atoms with Crippen LogP contribution in [0, 0.1) is 5.92 Å². The number of anilines is 1. The van der Waals surface area contributed by atoms with Crippen LogP contribution in [-0.4, -0.2) is 32.2 Å². The Kier molecular flexibility index (Phi) is 5.72. The van der Waals surface area contributed by atoms with Crippen molar-refractivity contribution in [1.29, 1.82) is 0 Å². The van der Waals surface area contributed by atoms with Gasteiger partial charge in [-0.25, -0.2) is 0 Å². The van der Waals surface area contributed by atoms with Gasteiger partial charge in [-0.3, -0.25) is 4.79 Å². The van der Waals surface area contributed by atoms with Gasteiger partial charge in [-0.1, -0.05) is 13.8 Å². The van der Waals surface area contributed by atoms with Crippen molar-refractivity contribution in [3.05, 3.63) is 18.2 Å². The Labute approximate surface area is 126 Å². The lowest BCUT2D eigenvalue weighted by molar-refractivity contribution is -0.120. The zero-order valence-corrected chi connectivity index (χ0v) is 12.8. The van der Waals surface area contributed by atoms with Gasteiger partial charge in [0.25, 0.3) is 0 Å². The van der Waals surface area contributed by atoms with Gasteiger partial charge >= 0.3 is 0 Å². The highest BCUT2D eigenvalue weighted by Crippen LogP contribution is 2.32. The molecule has 2 N–H and O–H groups in total. The standard InChI is InChI=1S/C16H24N2O3/c1-12(2)5-7-18-16(19)6-8-17-13-3-4-14-15(11-13)21-10-9-20-14/h3-4,11-12,17H,5-10H2,1-2H3,(H,18,19). The van der Waals surface area contributed by atoms with Crippen molar-refractivity contribution in [2.24, 2.45) is 5.92 Å². The van der Waals surface area contributed by atoms with Crippen LogP contribution in [-0.2, 0) is 4.79 Å². The number of carbonyl (C=O) groups is 1. The molecule has 0 saturated carbocycles. The molecule has 1 heterocycles. The first kappa shape index (κ1) is 15.5. The summed E-state index contributed by atoms with van der Waals surface area (Å²) >= 11 is 0. The summed E-state index contributed by atoms with van der Waals surface area (Å²) in [4.78, 5) is 11.7. The normalized spacial score (nSPS) is 13.1. The van der Waals surface area contributed by atoms with E-state index in [2.05, 4.69) is 24.5 Å². The van der Waals surface area contributed by atoms with E-state index >= 15 is 0 Å². The minimum absolute atomic E-state index is 0.0840. The minimum Gasteiger partial charge on any atom is -0.486 e. The van der Waals surface area contributed by atoms with E-state index in [-0.39, 0.29) is 5.91 Å². The molecular weight excluding hydrogens is 268 g/mol. The highest BCUT2D eigenvalue weighted by molar-refractivity contribution is 5.76. The fraction of sp³-hybridized carbons (Fsp3) is 0.562. The van der Waals surface area contributed by atoms with Crippen molar-refractivity contribution in [3.63, 3.8) is 0 Å². The molecule has 1 aliphatic rings. The first-order chi connectivity index (χ1) is 10.1. The highest BCUT2D eigenvalue weighted by atomic mass is 16.6. The summed E-state index contributed by atoms with van der Waals surface area (Å²) in [6, 6.07) is 5.73. The molecule has 1 amide bonds. The quantitative estimate of drug-likeness (QED) is 0.810. The Morgan fingerprint density at radius 3 is 2.71 bits per heavy atom. The molecule has 5 heteroatoms. The number of hydrogen-bond acceptors (Lipinski definition) is 4. The third kappa shape index (κ3) is 5.17. The van der Waals surface area contributed by atoms with E-state index in [0.717, 1.165) is 30.2 Å². The Morgan fingerprint density at radius 2 is 1.95 bits per heavy atom. The van der Waals surface area contributed by atoms with E-state index in [1.165, 1.54) is 0 Å². The van der Waals surface area contributed by atoms with E-state index in [4.69, 9.17) is 9.47 Å². The van der Waals surface area contributed by atoms with E-state index < -0.39 is 0 Å². The third-order valence-electron chi connectivity index (χ3n) is 3.27. The molecule has 0 saturated heterocycles. The number of ether oxygens (including phenoxy) is 2. The second-order valence-electron chi connectivity index (χ2n) is 5.57. The van der Waals surface area contributed by atoms with Crippen molar-refractivity contribution in [3.8, 4) is 11.5 Å². The topological polar surface area (TPSA) is 59.6 Å². The summed E-state index contributed by atoms with van der Waals surface area (Å²) in [5, 5.41) is 6.16. The highest BCUT2D eigenvalue weighted by Gasteiger charge is 2.11. The average molecular weight is 292 g/mol. The van der Waals surface area contributed by atoms with Gasteiger partial charge in [0.1, 0.15) is 13.2 Å². The molecule has 0 fully saturated rings. The molecular formula is C16H24N2O3. The molecule has 0 aliphatic carbocycles. The summed E-state index contributed by atoms with van der Waals surface area (Å²) in [6.07, 6.45) is 1.48. The molecule has 0 atom stereocenters. The third-order valence-corrected chi connectivity index (χ3v) is 3.27. The van der Waals surface area contributed by atoms with Gasteiger partial charge in [-0.05, 0) is 24.5 Å². The monoisotopic (exact) mass is 292 g/mol. The van der Waals surface area contributed by atoms with Crippen LogP contribution < -0.4 is 20.1 Å². The molecule has 0 radical (unpaired) electrons. The summed E-state index contributed by atoms with van der Waals surface area (Å²) in [6.45, 7) is 6.82. The molecule has 5 nitrogen and oxygen atoms in total. The van der Waals surface area contributed by atoms with Crippen molar-refractivity contribution in [1.82, 2.24) is 5.32 Å². The van der Waals surface area contributed by atoms with Gasteiger partial charge in [0.15, 0.2) is 11.5 Å². The SMILES string of the molecule is CC(C)CCNC(=O)CCNc1ccc2c(c1)OCCO2. The van der Waals surface area contributed by atoms with Crippen LogP contribution >= 0.6 is 0 Å². The number of hydrogen-bond donors (Lipinski definition) is 2. The van der Waals surface area contributed by atoms with E-state index in [1.807, 2.05) is 18.2 Å². The van der Waals surface area contributed by atoms with Crippen LogP contribution in [0.1, 0.15) is 26.7 Å². The Bertz CT molecular complexity index is 475. The molecule has 1 aromatic rings. The fourth-order valence-electron chi connectivity index (χ4n) is 2.06. The van der Waals surface area contributed by atoms with Crippen molar-refractivity contribution in [2.45, 2.75) is 26.7 Å². The van der Waals surface area contributed by atoms with Crippen LogP contribution in [0.4, 0.5) is 5.69 Å². The Morgan fingerprint density at radius 1 is 1.19 bits per heavy atom. The molecule has 0 spiro atoms. The molecule has 21 heavy (non-hydrogen) atoms. The molecule has 116 valence electrons. The number of fused-ring (bicyclic) bond motifs is 1. The summed E-state index contributed by atoms with van der Waals surface area (Å²) in [7, 11) is 0. The van der Waals surface area contributed by atoms with Crippen LogP contribution in [0.25, 0.3) is 0 Å². The first-order valence-corrected chi connectivity index (χ1v) is 7.55. The van der Waals surface area contributed by atoms with Crippen LogP contribution in [0.5, 0.6) is 11.5 Å². The number of carbonyl (C=O) groups excluding carboxylic acids is 1. The first-order valence-electron chi connectivity index (χ1n) is 7.55. The smallest absolute Gasteiger partial charge is 0.221 e. The fourth-order valence-corrected chi connectivity index (χ4v) is 2.06. The van der Waals surface area contributed by atoms with Gasteiger partial charge in [-0.2, -0.15) is 0 Å². The lowest BCUT2D eigenvalue weighted by atomic mass is 10.1. The van der Waals surface area contributed by atoms with Gasteiger partial charge < -0.3 is 20.1 Å². The summed E-state index contributed by atoms with van der Waals surface area (Å²) in [5.41, 5.74) is 0.939. The zero-order valence-electron chi connectivity index (χ0n) is 12.8. The van der Waals surface area contributed by atoms with E-state index in [0.29, 0.717) is 32.1 Å². The maximum Gasteiger partial charge on any atom is 0.221 e. The largest absolute Gasteiger partial charge is 0.486 e. The second-order valence-corrected chi connectivity index (χ2v) is 5.57. The Hall–Kier alpha value is -1.91. The second kappa shape index (κ2) is 7.76. The summed E-state index contributed by atoms with van der Waals surface area (Å²) in [5.74, 6) is 2.23. The Balaban J connectivity index is 1.70. The minimum atomic E-state index is 0.0840. The number of benzene rings is 1. The van der Waals surface area contributed by atoms with Crippen molar-refractivity contribution < 1.29 is 14.3 Å². The number of rotatable bonds is 7. The average Bonchev–Trinajstić information content (AvgIpc) is 2.47. The lowest BCUT2D eigenvalue weighted by Gasteiger charge is -2.19. The van der Waals surface area contributed by atoms with Gasteiger partial charge in [0, 0.05) is 31.3 Å². The van der Waals surface area contributed by atoms with Crippen LogP contribution in [0.3, 0.4) is 0 Å². The van der Waals surface area contributed by atoms with E-state index in [9.17, 15) is 4.79 Å². The molecule has 1 aromatic carbocycles. The van der Waals surface area contributed by atoms with Crippen LogP contribution in [0.2, 0.25) is 0 Å². The maximum absolute atomic E-state index is 11.7. The molecule has 0 aromatic heterocycles. The predicted octanol–water partition coefficient (Wildman–Crippen LogP) is 2.42. The van der Waals surface area contributed by atoms with Gasteiger partial charge in [0.05, 0.1) is 0 Å². The molecule has 2 rings (SSSR count). The van der Waals surface area contributed by atoms with Crippen molar-refractivity contribution in [2.75, 3.05) is 31.6 Å². The number of nitrogens with one attached hydrogen (secondary N) is 2.